The van der Waals surface area contributed by atoms with Gasteiger partial charge in [0.1, 0.15) is 0 Å². The number of hydrogen-bond donors (Lipinski definition) is 2. The fourth-order valence-corrected chi connectivity index (χ4v) is 2.72. The smallest absolute Gasteiger partial charge is 0.317 e. The third-order valence-corrected chi connectivity index (χ3v) is 4.46. The average molecular weight is 284 g/mol. The Morgan fingerprint density at radius 3 is 2.15 bits per heavy atom. The van der Waals surface area contributed by atoms with Crippen molar-refractivity contribution in [2.45, 2.75) is 65.5 Å². The molecule has 0 spiro atoms. The van der Waals surface area contributed by atoms with Crippen LogP contribution in [-0.4, -0.2) is 40.6 Å². The zero-order chi connectivity index (χ0) is 15.3. The Hall–Kier alpha value is -1.26. The van der Waals surface area contributed by atoms with Gasteiger partial charge >= 0.3 is 12.0 Å². The van der Waals surface area contributed by atoms with Crippen LogP contribution in [-0.2, 0) is 4.79 Å². The molecule has 1 rings (SSSR count). The minimum absolute atomic E-state index is 0.0209. The first-order chi connectivity index (χ1) is 9.36. The normalized spacial score (nSPS) is 24.2. The number of amides is 2. The van der Waals surface area contributed by atoms with E-state index in [9.17, 15) is 9.59 Å². The minimum atomic E-state index is -0.710. The molecule has 1 atom stereocenters. The van der Waals surface area contributed by atoms with Crippen LogP contribution < -0.4 is 5.32 Å². The number of rotatable bonds is 5. The summed E-state index contributed by atoms with van der Waals surface area (Å²) < 4.78 is 0. The third-order valence-electron chi connectivity index (χ3n) is 4.46. The van der Waals surface area contributed by atoms with Crippen LogP contribution in [0.5, 0.6) is 0 Å². The van der Waals surface area contributed by atoms with E-state index in [0.29, 0.717) is 25.3 Å². The number of carbonyl (C=O) groups is 2. The summed E-state index contributed by atoms with van der Waals surface area (Å²) >= 11 is 0. The van der Waals surface area contributed by atoms with Crippen LogP contribution in [0, 0.1) is 11.8 Å². The van der Waals surface area contributed by atoms with Gasteiger partial charge in [0.05, 0.1) is 5.92 Å². The lowest BCUT2D eigenvalue weighted by atomic mass is 9.86. The highest BCUT2D eigenvalue weighted by Gasteiger charge is 2.28. The summed E-state index contributed by atoms with van der Waals surface area (Å²) in [6.07, 6.45) is 2.84. The van der Waals surface area contributed by atoms with Gasteiger partial charge in [-0.2, -0.15) is 0 Å². The SMILES string of the molecule is CCN(C(=O)NC1CCC(C(=O)O)CC1)C(C)C(C)C. The van der Waals surface area contributed by atoms with Gasteiger partial charge in [0, 0.05) is 18.6 Å². The Labute approximate surface area is 121 Å². The molecule has 5 nitrogen and oxygen atoms in total. The molecule has 20 heavy (non-hydrogen) atoms. The van der Waals surface area contributed by atoms with E-state index in [1.54, 1.807) is 0 Å². The minimum Gasteiger partial charge on any atom is -0.481 e. The summed E-state index contributed by atoms with van der Waals surface area (Å²) in [7, 11) is 0. The van der Waals surface area contributed by atoms with Crippen molar-refractivity contribution in [1.82, 2.24) is 10.2 Å². The molecule has 1 aliphatic carbocycles. The lowest BCUT2D eigenvalue weighted by Gasteiger charge is -2.34. The quantitative estimate of drug-likeness (QED) is 0.815. The highest BCUT2D eigenvalue weighted by molar-refractivity contribution is 5.75. The van der Waals surface area contributed by atoms with Crippen LogP contribution in [0.15, 0.2) is 0 Å². The topological polar surface area (TPSA) is 69.6 Å². The maximum absolute atomic E-state index is 12.3. The number of aliphatic carboxylic acids is 1. The molecule has 1 saturated carbocycles. The van der Waals surface area contributed by atoms with E-state index in [4.69, 9.17) is 5.11 Å². The Balaban J connectivity index is 2.48. The Morgan fingerprint density at radius 1 is 1.20 bits per heavy atom. The fraction of sp³-hybridized carbons (Fsp3) is 0.867. The van der Waals surface area contributed by atoms with E-state index in [-0.39, 0.29) is 24.0 Å². The highest BCUT2D eigenvalue weighted by atomic mass is 16.4. The Bertz CT molecular complexity index is 336. The maximum atomic E-state index is 12.3. The molecule has 1 unspecified atom stereocenters. The van der Waals surface area contributed by atoms with Gasteiger partial charge in [-0.05, 0) is 45.4 Å². The summed E-state index contributed by atoms with van der Waals surface area (Å²) in [5.74, 6) is -0.526. The Kier molecular flexibility index (Phi) is 6.30. The molecule has 0 heterocycles. The van der Waals surface area contributed by atoms with Crippen LogP contribution in [0.4, 0.5) is 4.79 Å². The van der Waals surface area contributed by atoms with E-state index >= 15 is 0 Å². The van der Waals surface area contributed by atoms with E-state index in [0.717, 1.165) is 12.8 Å². The maximum Gasteiger partial charge on any atom is 0.317 e. The van der Waals surface area contributed by atoms with Crippen LogP contribution in [0.3, 0.4) is 0 Å². The zero-order valence-corrected chi connectivity index (χ0v) is 13.1. The molecule has 0 aromatic heterocycles. The van der Waals surface area contributed by atoms with Gasteiger partial charge in [-0.25, -0.2) is 4.79 Å². The van der Waals surface area contributed by atoms with Crippen LogP contribution in [0.1, 0.15) is 53.4 Å². The monoisotopic (exact) mass is 284 g/mol. The summed E-state index contributed by atoms with van der Waals surface area (Å²) in [4.78, 5) is 25.1. The molecule has 1 fully saturated rings. The highest BCUT2D eigenvalue weighted by Crippen LogP contribution is 2.24. The molecule has 2 amide bonds. The van der Waals surface area contributed by atoms with E-state index in [1.165, 1.54) is 0 Å². The molecule has 0 aromatic carbocycles. The summed E-state index contributed by atoms with van der Waals surface area (Å²) in [5, 5.41) is 12.0. The molecule has 5 heteroatoms. The molecule has 0 saturated heterocycles. The zero-order valence-electron chi connectivity index (χ0n) is 13.1. The van der Waals surface area contributed by atoms with Crippen molar-refractivity contribution in [3.8, 4) is 0 Å². The van der Waals surface area contributed by atoms with Gasteiger partial charge in [-0.15, -0.1) is 0 Å². The van der Waals surface area contributed by atoms with E-state index in [1.807, 2.05) is 11.8 Å². The number of carboxylic acids is 1. The van der Waals surface area contributed by atoms with Gasteiger partial charge in [0.2, 0.25) is 0 Å². The third kappa shape index (κ3) is 4.39. The van der Waals surface area contributed by atoms with Crippen LogP contribution >= 0.6 is 0 Å². The Morgan fingerprint density at radius 2 is 1.75 bits per heavy atom. The van der Waals surface area contributed by atoms with Gasteiger partial charge < -0.3 is 15.3 Å². The van der Waals surface area contributed by atoms with Gasteiger partial charge in [-0.1, -0.05) is 13.8 Å². The second-order valence-corrected chi connectivity index (χ2v) is 6.11. The first-order valence-corrected chi connectivity index (χ1v) is 7.66. The number of nitrogens with zero attached hydrogens (tertiary/aromatic N) is 1. The molecular weight excluding hydrogens is 256 g/mol. The fourth-order valence-electron chi connectivity index (χ4n) is 2.72. The van der Waals surface area contributed by atoms with E-state index in [2.05, 4.69) is 26.1 Å². The number of hydrogen-bond acceptors (Lipinski definition) is 2. The number of carboxylic acid groups (broad SMARTS) is 1. The van der Waals surface area contributed by atoms with Crippen LogP contribution in [0.25, 0.3) is 0 Å². The van der Waals surface area contributed by atoms with Crippen LogP contribution in [0.2, 0.25) is 0 Å². The van der Waals surface area contributed by atoms with Gasteiger partial charge in [0.25, 0.3) is 0 Å². The predicted molar refractivity (Wildman–Crippen MR) is 78.6 cm³/mol. The largest absolute Gasteiger partial charge is 0.481 e. The standard InChI is InChI=1S/C15H28N2O3/c1-5-17(11(4)10(2)3)15(20)16-13-8-6-12(7-9-13)14(18)19/h10-13H,5-9H2,1-4H3,(H,16,20)(H,18,19). The van der Waals surface area contributed by atoms with Crippen molar-refractivity contribution in [1.29, 1.82) is 0 Å². The van der Waals surface area contributed by atoms with Crippen molar-refractivity contribution in [2.75, 3.05) is 6.54 Å². The van der Waals surface area contributed by atoms with Crippen molar-refractivity contribution >= 4 is 12.0 Å². The molecular formula is C15H28N2O3. The molecule has 116 valence electrons. The summed E-state index contributed by atoms with van der Waals surface area (Å²) in [6.45, 7) is 8.96. The second kappa shape index (κ2) is 7.50. The number of carbonyl (C=O) groups excluding carboxylic acids is 1. The second-order valence-electron chi connectivity index (χ2n) is 6.11. The van der Waals surface area contributed by atoms with Gasteiger partial charge in [-0.3, -0.25) is 4.79 Å². The molecule has 0 radical (unpaired) electrons. The first-order valence-electron chi connectivity index (χ1n) is 7.66. The first kappa shape index (κ1) is 16.8. The lowest BCUT2D eigenvalue weighted by Crippen LogP contribution is -2.50. The lowest BCUT2D eigenvalue weighted by molar-refractivity contribution is -0.142. The van der Waals surface area contributed by atoms with Crippen molar-refractivity contribution in [3.63, 3.8) is 0 Å². The number of urea groups is 1. The van der Waals surface area contributed by atoms with Crippen molar-refractivity contribution in [3.05, 3.63) is 0 Å². The summed E-state index contributed by atoms with van der Waals surface area (Å²) in [5.41, 5.74) is 0. The number of nitrogens with one attached hydrogen (secondary N) is 1. The summed E-state index contributed by atoms with van der Waals surface area (Å²) in [6, 6.07) is 0.300. The molecule has 0 bridgehead atoms. The molecule has 0 aliphatic heterocycles. The molecule has 0 aromatic rings. The molecule has 1 aliphatic rings. The predicted octanol–water partition coefficient (Wildman–Crippen LogP) is 2.71. The average Bonchev–Trinajstić information content (AvgIpc) is 2.39. The molecule has 2 N–H and O–H groups in total. The van der Waals surface area contributed by atoms with Crippen molar-refractivity contribution in [2.24, 2.45) is 11.8 Å². The van der Waals surface area contributed by atoms with E-state index < -0.39 is 5.97 Å². The van der Waals surface area contributed by atoms with Gasteiger partial charge in [0.15, 0.2) is 0 Å². The van der Waals surface area contributed by atoms with Crippen molar-refractivity contribution < 1.29 is 14.7 Å².